The van der Waals surface area contributed by atoms with Gasteiger partial charge in [-0.15, -0.1) is 0 Å². The van der Waals surface area contributed by atoms with E-state index in [1.54, 1.807) is 55.4 Å². The zero-order chi connectivity index (χ0) is 18.7. The van der Waals surface area contributed by atoms with E-state index >= 15 is 0 Å². The number of amides is 1. The topological polar surface area (TPSA) is 99.6 Å². The van der Waals surface area contributed by atoms with E-state index in [1.807, 2.05) is 0 Å². The summed E-state index contributed by atoms with van der Waals surface area (Å²) >= 11 is 0. The van der Waals surface area contributed by atoms with Crippen LogP contribution in [0.25, 0.3) is 0 Å². The third kappa shape index (κ3) is 6.80. The summed E-state index contributed by atoms with van der Waals surface area (Å²) in [5.41, 5.74) is -0.523. The fourth-order valence-corrected chi connectivity index (χ4v) is 1.66. The fourth-order valence-electron chi connectivity index (χ4n) is 1.66. The quantitative estimate of drug-likeness (QED) is 0.819. The van der Waals surface area contributed by atoms with Crippen LogP contribution in [0.4, 0.5) is 15.5 Å². The predicted molar refractivity (Wildman–Crippen MR) is 88.2 cm³/mol. The second kappa shape index (κ2) is 7.02. The summed E-state index contributed by atoms with van der Waals surface area (Å²) in [5.74, 6) is 0.259. The van der Waals surface area contributed by atoms with E-state index in [-0.39, 0.29) is 11.7 Å². The molecule has 0 aliphatic rings. The van der Waals surface area contributed by atoms with Crippen LogP contribution in [0.1, 0.15) is 52.9 Å². The smallest absolute Gasteiger partial charge is 0.444 e. The minimum absolute atomic E-state index is 0.0655. The van der Waals surface area contributed by atoms with Crippen molar-refractivity contribution < 1.29 is 23.8 Å². The lowest BCUT2D eigenvalue weighted by molar-refractivity contribution is 0.0201. The van der Waals surface area contributed by atoms with Crippen molar-refractivity contribution in [1.29, 1.82) is 0 Å². The number of hydrogen-bond acceptors (Lipinski definition) is 7. The lowest BCUT2D eigenvalue weighted by atomic mass is 10.2. The number of carbonyl (C=O) groups is 2. The van der Waals surface area contributed by atoms with Gasteiger partial charge in [0.25, 0.3) is 0 Å². The Labute approximate surface area is 141 Å². The Hall–Kier alpha value is -2.38. The van der Waals surface area contributed by atoms with Crippen LogP contribution < -0.4 is 10.1 Å². The van der Waals surface area contributed by atoms with E-state index in [9.17, 15) is 9.59 Å². The monoisotopic (exact) mass is 339 g/mol. The summed E-state index contributed by atoms with van der Waals surface area (Å²) in [6.45, 7) is 13.7. The SMILES string of the molecule is Cc1nc(NC(=O)OC(C)(C)C)nc(C)c1OC(=O)OC(C)(C)C. The molecule has 24 heavy (non-hydrogen) atoms. The van der Waals surface area contributed by atoms with Gasteiger partial charge in [0.1, 0.15) is 11.2 Å². The standard InChI is InChI=1S/C16H25N3O5/c1-9-11(22-14(21)24-16(6,7)8)10(2)18-12(17-9)19-13(20)23-15(3,4)5/h1-8H3,(H,17,18,19,20). The Morgan fingerprint density at radius 2 is 1.33 bits per heavy atom. The number of nitrogens with zero attached hydrogens (tertiary/aromatic N) is 2. The van der Waals surface area contributed by atoms with E-state index in [0.717, 1.165) is 0 Å². The highest BCUT2D eigenvalue weighted by Gasteiger charge is 2.22. The van der Waals surface area contributed by atoms with E-state index < -0.39 is 23.5 Å². The number of hydrogen-bond donors (Lipinski definition) is 1. The Balaban J connectivity index is 2.86. The third-order valence-electron chi connectivity index (χ3n) is 2.39. The molecule has 1 aromatic rings. The van der Waals surface area contributed by atoms with Crippen LogP contribution in [-0.2, 0) is 9.47 Å². The van der Waals surface area contributed by atoms with E-state index in [1.165, 1.54) is 0 Å². The van der Waals surface area contributed by atoms with Gasteiger partial charge in [0.05, 0.1) is 11.4 Å². The van der Waals surface area contributed by atoms with Crippen molar-refractivity contribution in [2.45, 2.75) is 66.6 Å². The van der Waals surface area contributed by atoms with Gasteiger partial charge in [-0.2, -0.15) is 0 Å². The molecule has 0 aliphatic heterocycles. The second-order valence-corrected chi connectivity index (χ2v) is 7.24. The van der Waals surface area contributed by atoms with Gasteiger partial charge >= 0.3 is 12.2 Å². The number of rotatable bonds is 2. The molecular formula is C16H25N3O5. The molecule has 0 atom stereocenters. The van der Waals surface area contributed by atoms with Gasteiger partial charge in [-0.05, 0) is 55.4 Å². The summed E-state index contributed by atoms with van der Waals surface area (Å²) in [7, 11) is 0. The van der Waals surface area contributed by atoms with Crippen molar-refractivity contribution in [3.8, 4) is 5.75 Å². The molecule has 0 spiro atoms. The molecule has 8 nitrogen and oxygen atoms in total. The molecule has 1 N–H and O–H groups in total. The molecule has 1 aromatic heterocycles. The van der Waals surface area contributed by atoms with Gasteiger partial charge in [-0.25, -0.2) is 19.6 Å². The molecule has 0 radical (unpaired) electrons. The Bertz CT molecular complexity index is 607. The maximum atomic E-state index is 11.8. The number of carbonyl (C=O) groups excluding carboxylic acids is 2. The van der Waals surface area contributed by atoms with Crippen molar-refractivity contribution in [3.05, 3.63) is 11.4 Å². The average molecular weight is 339 g/mol. The van der Waals surface area contributed by atoms with E-state index in [2.05, 4.69) is 15.3 Å². The molecule has 1 amide bonds. The van der Waals surface area contributed by atoms with E-state index in [0.29, 0.717) is 11.4 Å². The highest BCUT2D eigenvalue weighted by atomic mass is 16.7. The van der Waals surface area contributed by atoms with Crippen molar-refractivity contribution in [3.63, 3.8) is 0 Å². The first-order valence-corrected chi connectivity index (χ1v) is 7.53. The average Bonchev–Trinajstić information content (AvgIpc) is 2.28. The number of anilines is 1. The zero-order valence-corrected chi connectivity index (χ0v) is 15.4. The summed E-state index contributed by atoms with van der Waals surface area (Å²) in [6.07, 6.45) is -1.51. The first kappa shape index (κ1) is 19.7. The van der Waals surface area contributed by atoms with Crippen LogP contribution >= 0.6 is 0 Å². The minimum Gasteiger partial charge on any atom is -0.444 e. The Morgan fingerprint density at radius 3 is 1.75 bits per heavy atom. The van der Waals surface area contributed by atoms with Gasteiger partial charge in [0.15, 0.2) is 5.75 Å². The summed E-state index contributed by atoms with van der Waals surface area (Å²) < 4.78 is 15.4. The van der Waals surface area contributed by atoms with Gasteiger partial charge in [-0.1, -0.05) is 0 Å². The molecule has 134 valence electrons. The molecular weight excluding hydrogens is 314 g/mol. The molecule has 0 aliphatic carbocycles. The highest BCUT2D eigenvalue weighted by Crippen LogP contribution is 2.23. The maximum Gasteiger partial charge on any atom is 0.514 e. The molecule has 0 bridgehead atoms. The van der Waals surface area contributed by atoms with Gasteiger partial charge in [0.2, 0.25) is 5.95 Å². The molecule has 0 aromatic carbocycles. The summed E-state index contributed by atoms with van der Waals surface area (Å²) in [4.78, 5) is 31.7. The molecule has 8 heteroatoms. The van der Waals surface area contributed by atoms with Crippen molar-refractivity contribution in [2.24, 2.45) is 0 Å². The number of aromatic nitrogens is 2. The third-order valence-corrected chi connectivity index (χ3v) is 2.39. The number of ether oxygens (including phenoxy) is 3. The molecule has 0 fully saturated rings. The van der Waals surface area contributed by atoms with Crippen LogP contribution in [0.2, 0.25) is 0 Å². The molecule has 0 saturated carbocycles. The lowest BCUT2D eigenvalue weighted by Crippen LogP contribution is -2.28. The first-order chi connectivity index (χ1) is 10.8. The fraction of sp³-hybridized carbons (Fsp3) is 0.625. The Kier molecular flexibility index (Phi) is 5.75. The van der Waals surface area contributed by atoms with Crippen molar-refractivity contribution in [2.75, 3.05) is 5.32 Å². The van der Waals surface area contributed by atoms with Crippen LogP contribution in [0.15, 0.2) is 0 Å². The zero-order valence-electron chi connectivity index (χ0n) is 15.4. The second-order valence-electron chi connectivity index (χ2n) is 7.24. The lowest BCUT2D eigenvalue weighted by Gasteiger charge is -2.20. The van der Waals surface area contributed by atoms with Crippen LogP contribution in [0, 0.1) is 13.8 Å². The van der Waals surface area contributed by atoms with Crippen LogP contribution in [-0.4, -0.2) is 33.4 Å². The van der Waals surface area contributed by atoms with Crippen molar-refractivity contribution >= 4 is 18.2 Å². The van der Waals surface area contributed by atoms with Gasteiger partial charge < -0.3 is 14.2 Å². The normalized spacial score (nSPS) is 11.7. The van der Waals surface area contributed by atoms with Gasteiger partial charge in [0, 0.05) is 0 Å². The maximum absolute atomic E-state index is 11.8. The first-order valence-electron chi connectivity index (χ1n) is 7.53. The predicted octanol–water partition coefficient (Wildman–Crippen LogP) is 3.75. The number of aryl methyl sites for hydroxylation is 2. The van der Waals surface area contributed by atoms with Crippen molar-refractivity contribution in [1.82, 2.24) is 9.97 Å². The largest absolute Gasteiger partial charge is 0.514 e. The molecule has 1 heterocycles. The molecule has 1 rings (SSSR count). The summed E-state index contributed by atoms with van der Waals surface area (Å²) in [5, 5.41) is 2.44. The Morgan fingerprint density at radius 1 is 0.875 bits per heavy atom. The minimum atomic E-state index is -0.842. The summed E-state index contributed by atoms with van der Waals surface area (Å²) in [6, 6.07) is 0. The number of nitrogens with one attached hydrogen (secondary N) is 1. The van der Waals surface area contributed by atoms with Crippen LogP contribution in [0.3, 0.4) is 0 Å². The van der Waals surface area contributed by atoms with Gasteiger partial charge in [-0.3, -0.25) is 5.32 Å². The van der Waals surface area contributed by atoms with E-state index in [4.69, 9.17) is 14.2 Å². The highest BCUT2D eigenvalue weighted by molar-refractivity contribution is 5.82. The molecule has 0 unspecified atom stereocenters. The molecule has 0 saturated heterocycles. The van der Waals surface area contributed by atoms with Crippen LogP contribution in [0.5, 0.6) is 5.75 Å².